The second kappa shape index (κ2) is 9.80. The van der Waals surface area contributed by atoms with Gasteiger partial charge in [0.1, 0.15) is 0 Å². The van der Waals surface area contributed by atoms with Crippen molar-refractivity contribution in [1.82, 2.24) is 0 Å². The Morgan fingerprint density at radius 3 is 1.56 bits per heavy atom. The fourth-order valence-corrected chi connectivity index (χ4v) is 3.50. The maximum atomic E-state index is 8.84. The van der Waals surface area contributed by atoms with E-state index >= 15 is 0 Å². The van der Waals surface area contributed by atoms with Gasteiger partial charge in [-0.05, 0) is 43.9 Å². The monoisotopic (exact) mass is 256 g/mol. The molecule has 0 unspecified atom stereocenters. The van der Waals surface area contributed by atoms with E-state index in [0.717, 1.165) is 12.8 Å². The minimum Gasteiger partial charge on any atom is -0.396 e. The first kappa shape index (κ1) is 16.0. The van der Waals surface area contributed by atoms with E-state index < -0.39 is 0 Å². The quantitative estimate of drug-likeness (QED) is 0.579. The van der Waals surface area contributed by atoms with Crippen LogP contribution in [0.4, 0.5) is 0 Å². The molecule has 0 aromatic rings. The van der Waals surface area contributed by atoms with E-state index in [2.05, 4.69) is 0 Å². The van der Waals surface area contributed by atoms with Crippen molar-refractivity contribution in [3.8, 4) is 0 Å². The zero-order valence-electron chi connectivity index (χ0n) is 12.0. The Hall–Kier alpha value is -0.0800. The van der Waals surface area contributed by atoms with Crippen LogP contribution in [0.2, 0.25) is 0 Å². The second-order valence-corrected chi connectivity index (χ2v) is 6.13. The molecule has 2 heteroatoms. The van der Waals surface area contributed by atoms with Crippen LogP contribution >= 0.6 is 0 Å². The molecule has 0 aromatic heterocycles. The van der Waals surface area contributed by atoms with Crippen molar-refractivity contribution in [2.24, 2.45) is 5.41 Å². The van der Waals surface area contributed by atoms with Crippen LogP contribution in [0.15, 0.2) is 0 Å². The van der Waals surface area contributed by atoms with Crippen LogP contribution in [0.3, 0.4) is 0 Å². The van der Waals surface area contributed by atoms with Crippen LogP contribution in [0.25, 0.3) is 0 Å². The molecule has 1 saturated carbocycles. The van der Waals surface area contributed by atoms with Gasteiger partial charge in [0, 0.05) is 13.2 Å². The molecule has 1 aliphatic rings. The third kappa shape index (κ3) is 6.19. The van der Waals surface area contributed by atoms with Crippen molar-refractivity contribution in [2.45, 2.75) is 83.5 Å². The zero-order chi connectivity index (χ0) is 13.1. The highest BCUT2D eigenvalue weighted by atomic mass is 16.3. The van der Waals surface area contributed by atoms with Gasteiger partial charge in [-0.1, -0.05) is 44.9 Å². The molecule has 108 valence electrons. The summed E-state index contributed by atoms with van der Waals surface area (Å²) in [6.45, 7) is 0.701. The molecule has 1 aliphatic carbocycles. The Balaban J connectivity index is 2.27. The Labute approximate surface area is 113 Å². The van der Waals surface area contributed by atoms with Gasteiger partial charge in [0.05, 0.1) is 0 Å². The van der Waals surface area contributed by atoms with Crippen molar-refractivity contribution in [2.75, 3.05) is 13.2 Å². The Morgan fingerprint density at radius 1 is 0.611 bits per heavy atom. The van der Waals surface area contributed by atoms with Crippen molar-refractivity contribution in [3.05, 3.63) is 0 Å². The van der Waals surface area contributed by atoms with Crippen molar-refractivity contribution in [3.63, 3.8) is 0 Å². The molecule has 0 aliphatic heterocycles. The summed E-state index contributed by atoms with van der Waals surface area (Å²) < 4.78 is 0. The zero-order valence-corrected chi connectivity index (χ0v) is 12.0. The number of hydrogen-bond acceptors (Lipinski definition) is 2. The lowest BCUT2D eigenvalue weighted by Gasteiger charge is -2.38. The van der Waals surface area contributed by atoms with Crippen LogP contribution in [0.5, 0.6) is 0 Å². The molecule has 0 bridgehead atoms. The van der Waals surface area contributed by atoms with Crippen LogP contribution in [0.1, 0.15) is 83.5 Å². The van der Waals surface area contributed by atoms with E-state index in [9.17, 15) is 0 Å². The van der Waals surface area contributed by atoms with Crippen molar-refractivity contribution < 1.29 is 10.2 Å². The van der Waals surface area contributed by atoms with E-state index in [4.69, 9.17) is 10.2 Å². The number of rotatable bonds is 10. The molecular formula is C16H32O2. The fourth-order valence-electron chi connectivity index (χ4n) is 3.50. The van der Waals surface area contributed by atoms with Gasteiger partial charge >= 0.3 is 0 Å². The lowest BCUT2D eigenvalue weighted by molar-refractivity contribution is 0.144. The molecule has 0 atom stereocenters. The van der Waals surface area contributed by atoms with Gasteiger partial charge < -0.3 is 10.2 Å². The maximum Gasteiger partial charge on any atom is 0.0431 e. The first-order valence-electron chi connectivity index (χ1n) is 8.05. The topological polar surface area (TPSA) is 40.5 Å². The van der Waals surface area contributed by atoms with Crippen molar-refractivity contribution >= 4 is 0 Å². The van der Waals surface area contributed by atoms with Crippen LogP contribution in [0, 0.1) is 5.41 Å². The van der Waals surface area contributed by atoms with E-state index in [0.29, 0.717) is 18.6 Å². The Kier molecular flexibility index (Phi) is 8.70. The van der Waals surface area contributed by atoms with Crippen LogP contribution in [-0.2, 0) is 0 Å². The van der Waals surface area contributed by atoms with Gasteiger partial charge in [0.25, 0.3) is 0 Å². The van der Waals surface area contributed by atoms with Gasteiger partial charge in [-0.15, -0.1) is 0 Å². The molecule has 0 radical (unpaired) electrons. The number of aliphatic hydroxyl groups is 2. The summed E-state index contributed by atoms with van der Waals surface area (Å²) in [7, 11) is 0. The third-order valence-corrected chi connectivity index (χ3v) is 4.64. The molecule has 0 aromatic carbocycles. The average Bonchev–Trinajstić information content (AvgIpc) is 2.41. The minimum absolute atomic E-state index is 0.351. The molecule has 0 saturated heterocycles. The lowest BCUT2D eigenvalue weighted by atomic mass is 9.68. The van der Waals surface area contributed by atoms with Crippen molar-refractivity contribution in [1.29, 1.82) is 0 Å². The molecule has 18 heavy (non-hydrogen) atoms. The summed E-state index contributed by atoms with van der Waals surface area (Å²) >= 11 is 0. The molecule has 2 nitrogen and oxygen atoms in total. The van der Waals surface area contributed by atoms with Gasteiger partial charge in [-0.25, -0.2) is 0 Å². The van der Waals surface area contributed by atoms with Gasteiger partial charge in [-0.2, -0.15) is 0 Å². The number of aliphatic hydroxyl groups excluding tert-OH is 2. The van der Waals surface area contributed by atoms with E-state index in [-0.39, 0.29) is 0 Å². The molecule has 1 fully saturated rings. The largest absolute Gasteiger partial charge is 0.396 e. The molecule has 0 amide bonds. The highest BCUT2D eigenvalue weighted by Crippen LogP contribution is 2.44. The highest BCUT2D eigenvalue weighted by molar-refractivity contribution is 4.82. The average molecular weight is 256 g/mol. The molecule has 0 heterocycles. The minimum atomic E-state index is 0.351. The normalized spacial score (nSPS) is 19.0. The van der Waals surface area contributed by atoms with Gasteiger partial charge in [0.15, 0.2) is 0 Å². The third-order valence-electron chi connectivity index (χ3n) is 4.64. The standard InChI is InChI=1S/C16H32O2/c17-14-8-2-6-12-16(10-4-1-5-11-16)13-7-3-9-15-18/h17-18H,1-15H2. The summed E-state index contributed by atoms with van der Waals surface area (Å²) in [4.78, 5) is 0. The molecule has 2 N–H and O–H groups in total. The first-order valence-corrected chi connectivity index (χ1v) is 8.05. The van der Waals surface area contributed by atoms with E-state index in [1.165, 1.54) is 70.6 Å². The Morgan fingerprint density at radius 2 is 1.11 bits per heavy atom. The number of hydrogen-bond donors (Lipinski definition) is 2. The smallest absolute Gasteiger partial charge is 0.0431 e. The first-order chi connectivity index (χ1) is 8.83. The highest BCUT2D eigenvalue weighted by Gasteiger charge is 2.30. The van der Waals surface area contributed by atoms with E-state index in [1.54, 1.807) is 0 Å². The number of unbranched alkanes of at least 4 members (excludes halogenated alkanes) is 4. The van der Waals surface area contributed by atoms with Gasteiger partial charge in [-0.3, -0.25) is 0 Å². The molecular weight excluding hydrogens is 224 g/mol. The molecule has 1 rings (SSSR count). The van der Waals surface area contributed by atoms with Crippen LogP contribution < -0.4 is 0 Å². The summed E-state index contributed by atoms with van der Waals surface area (Å²) in [5.41, 5.74) is 0.614. The Bertz CT molecular complexity index is 172. The van der Waals surface area contributed by atoms with Gasteiger partial charge in [0.2, 0.25) is 0 Å². The van der Waals surface area contributed by atoms with E-state index in [1.807, 2.05) is 0 Å². The summed E-state index contributed by atoms with van der Waals surface area (Å²) in [6, 6.07) is 0. The summed E-state index contributed by atoms with van der Waals surface area (Å²) in [6.07, 6.45) is 16.7. The second-order valence-electron chi connectivity index (χ2n) is 6.13. The summed E-state index contributed by atoms with van der Waals surface area (Å²) in [5.74, 6) is 0. The fraction of sp³-hybridized carbons (Fsp3) is 1.00. The maximum absolute atomic E-state index is 8.84. The van der Waals surface area contributed by atoms with Crippen LogP contribution in [-0.4, -0.2) is 23.4 Å². The predicted octanol–water partition coefficient (Wildman–Crippen LogP) is 4.04. The summed E-state index contributed by atoms with van der Waals surface area (Å²) in [5, 5.41) is 17.7. The SMILES string of the molecule is OCCCCCC1(CCCCCO)CCCCC1. The lowest BCUT2D eigenvalue weighted by Crippen LogP contribution is -2.24. The predicted molar refractivity (Wildman–Crippen MR) is 76.6 cm³/mol. The molecule has 0 spiro atoms.